The highest BCUT2D eigenvalue weighted by molar-refractivity contribution is 5.75. The van der Waals surface area contributed by atoms with E-state index in [0.29, 0.717) is 25.2 Å². The van der Waals surface area contributed by atoms with Gasteiger partial charge < -0.3 is 9.88 Å². The number of carbonyl (C=O) groups excluding carboxylic acids is 1. The van der Waals surface area contributed by atoms with Crippen LogP contribution in [0.25, 0.3) is 0 Å². The summed E-state index contributed by atoms with van der Waals surface area (Å²) in [6.07, 6.45) is 3.94. The lowest BCUT2D eigenvalue weighted by molar-refractivity contribution is -0.121. The van der Waals surface area contributed by atoms with Crippen molar-refractivity contribution in [2.75, 3.05) is 6.54 Å². The van der Waals surface area contributed by atoms with Crippen LogP contribution in [-0.4, -0.2) is 17.0 Å². The Kier molecular flexibility index (Phi) is 5.60. The van der Waals surface area contributed by atoms with Crippen molar-refractivity contribution in [1.29, 1.82) is 5.26 Å². The molecule has 0 aliphatic heterocycles. The molecule has 108 valence electrons. The minimum absolute atomic E-state index is 0.0663. The normalized spacial score (nSPS) is 10.0. The molecular formula is C17H19N3O. The summed E-state index contributed by atoms with van der Waals surface area (Å²) in [5.41, 5.74) is 1.86. The number of benzene rings is 1. The van der Waals surface area contributed by atoms with Gasteiger partial charge >= 0.3 is 0 Å². The van der Waals surface area contributed by atoms with Crippen molar-refractivity contribution >= 4 is 5.91 Å². The molecule has 1 amide bonds. The van der Waals surface area contributed by atoms with Crippen molar-refractivity contribution in [2.24, 2.45) is 0 Å². The fourth-order valence-corrected chi connectivity index (χ4v) is 2.20. The molecule has 0 bridgehead atoms. The number of aromatic nitrogens is 1. The van der Waals surface area contributed by atoms with E-state index in [4.69, 9.17) is 5.26 Å². The van der Waals surface area contributed by atoms with Crippen molar-refractivity contribution in [2.45, 2.75) is 25.8 Å². The van der Waals surface area contributed by atoms with Gasteiger partial charge in [-0.05, 0) is 30.5 Å². The summed E-state index contributed by atoms with van der Waals surface area (Å²) in [6, 6.07) is 15.9. The van der Waals surface area contributed by atoms with Crippen LogP contribution in [0, 0.1) is 11.3 Å². The Morgan fingerprint density at radius 2 is 2.00 bits per heavy atom. The molecule has 1 aromatic carbocycles. The highest BCUT2D eigenvalue weighted by atomic mass is 16.1. The van der Waals surface area contributed by atoms with Crippen molar-refractivity contribution in [3.63, 3.8) is 0 Å². The van der Waals surface area contributed by atoms with Gasteiger partial charge in [0.25, 0.3) is 0 Å². The van der Waals surface area contributed by atoms with E-state index in [-0.39, 0.29) is 5.91 Å². The summed E-state index contributed by atoms with van der Waals surface area (Å²) in [4.78, 5) is 11.7. The Hall–Kier alpha value is -2.54. The third-order valence-corrected chi connectivity index (χ3v) is 3.33. The van der Waals surface area contributed by atoms with E-state index in [1.54, 1.807) is 6.07 Å². The van der Waals surface area contributed by atoms with Crippen molar-refractivity contribution < 1.29 is 4.79 Å². The Morgan fingerprint density at radius 3 is 2.76 bits per heavy atom. The van der Waals surface area contributed by atoms with Gasteiger partial charge in [-0.1, -0.05) is 30.3 Å². The molecule has 0 aliphatic carbocycles. The summed E-state index contributed by atoms with van der Waals surface area (Å²) < 4.78 is 1.87. The average Bonchev–Trinajstić information content (AvgIpc) is 2.96. The van der Waals surface area contributed by atoms with E-state index in [1.165, 1.54) is 5.56 Å². The van der Waals surface area contributed by atoms with Crippen molar-refractivity contribution in [3.8, 4) is 6.07 Å². The summed E-state index contributed by atoms with van der Waals surface area (Å²) in [5.74, 6) is 0.0663. The lowest BCUT2D eigenvalue weighted by atomic mass is 10.1. The molecule has 21 heavy (non-hydrogen) atoms. The number of nitrogens with one attached hydrogen (secondary N) is 1. The second-order valence-corrected chi connectivity index (χ2v) is 4.89. The van der Waals surface area contributed by atoms with E-state index in [1.807, 2.05) is 35.0 Å². The Labute approximate surface area is 125 Å². The number of carbonyl (C=O) groups is 1. The monoisotopic (exact) mass is 281 g/mol. The summed E-state index contributed by atoms with van der Waals surface area (Å²) in [5, 5.41) is 11.8. The first-order chi connectivity index (χ1) is 10.3. The zero-order chi connectivity index (χ0) is 14.9. The lowest BCUT2D eigenvalue weighted by Gasteiger charge is -2.06. The second-order valence-electron chi connectivity index (χ2n) is 4.89. The molecule has 1 N–H and O–H groups in total. The van der Waals surface area contributed by atoms with E-state index in [2.05, 4.69) is 23.5 Å². The number of nitrogens with zero attached hydrogens (tertiary/aromatic N) is 2. The van der Waals surface area contributed by atoms with Gasteiger partial charge in [-0.2, -0.15) is 5.26 Å². The zero-order valence-corrected chi connectivity index (χ0v) is 12.0. The molecule has 0 spiro atoms. The van der Waals surface area contributed by atoms with Crippen molar-refractivity contribution in [3.05, 3.63) is 59.9 Å². The van der Waals surface area contributed by atoms with Crippen LogP contribution >= 0.6 is 0 Å². The van der Waals surface area contributed by atoms with E-state index in [9.17, 15) is 4.79 Å². The Bertz CT molecular complexity index is 610. The van der Waals surface area contributed by atoms with Gasteiger partial charge in [0.2, 0.25) is 5.91 Å². The topological polar surface area (TPSA) is 57.8 Å². The van der Waals surface area contributed by atoms with Crippen LogP contribution in [0.5, 0.6) is 0 Å². The highest BCUT2D eigenvalue weighted by Crippen LogP contribution is 2.03. The van der Waals surface area contributed by atoms with Crippen LogP contribution in [0.2, 0.25) is 0 Å². The van der Waals surface area contributed by atoms with Crippen LogP contribution < -0.4 is 5.32 Å². The van der Waals surface area contributed by atoms with Gasteiger partial charge in [-0.15, -0.1) is 0 Å². The van der Waals surface area contributed by atoms with E-state index < -0.39 is 0 Å². The quantitative estimate of drug-likeness (QED) is 0.847. The fraction of sp³-hybridized carbons (Fsp3) is 0.294. The molecule has 0 fully saturated rings. The molecule has 0 radical (unpaired) electrons. The van der Waals surface area contributed by atoms with Crippen LogP contribution in [0.15, 0.2) is 48.7 Å². The fourth-order valence-electron chi connectivity index (χ4n) is 2.20. The van der Waals surface area contributed by atoms with Crippen LogP contribution in [0.4, 0.5) is 0 Å². The smallest absolute Gasteiger partial charge is 0.220 e. The largest absolute Gasteiger partial charge is 0.356 e. The minimum Gasteiger partial charge on any atom is -0.356 e. The summed E-state index contributed by atoms with van der Waals surface area (Å²) >= 11 is 0. The third-order valence-electron chi connectivity index (χ3n) is 3.33. The molecule has 4 nitrogen and oxygen atoms in total. The maximum Gasteiger partial charge on any atom is 0.220 e. The maximum absolute atomic E-state index is 11.7. The Morgan fingerprint density at radius 1 is 1.19 bits per heavy atom. The van der Waals surface area contributed by atoms with Crippen LogP contribution in [0.1, 0.15) is 24.1 Å². The van der Waals surface area contributed by atoms with Gasteiger partial charge in [0, 0.05) is 25.7 Å². The predicted molar refractivity (Wildman–Crippen MR) is 81.5 cm³/mol. The van der Waals surface area contributed by atoms with E-state index in [0.717, 1.165) is 12.8 Å². The van der Waals surface area contributed by atoms with Gasteiger partial charge in [0.05, 0.1) is 0 Å². The van der Waals surface area contributed by atoms with Gasteiger partial charge in [-0.3, -0.25) is 4.79 Å². The molecule has 1 aromatic heterocycles. The van der Waals surface area contributed by atoms with Gasteiger partial charge in [0.1, 0.15) is 11.8 Å². The third kappa shape index (κ3) is 4.81. The molecule has 0 saturated carbocycles. The first-order valence-corrected chi connectivity index (χ1v) is 7.15. The molecule has 2 rings (SSSR count). The van der Waals surface area contributed by atoms with Crippen LogP contribution in [-0.2, 0) is 17.8 Å². The number of rotatable bonds is 7. The van der Waals surface area contributed by atoms with Gasteiger partial charge in [0.15, 0.2) is 0 Å². The molecular weight excluding hydrogens is 262 g/mol. The maximum atomic E-state index is 11.7. The summed E-state index contributed by atoms with van der Waals surface area (Å²) in [6.45, 7) is 1.36. The number of aryl methyl sites for hydroxylation is 1. The Balaban J connectivity index is 1.63. The van der Waals surface area contributed by atoms with E-state index >= 15 is 0 Å². The minimum atomic E-state index is 0.0663. The van der Waals surface area contributed by atoms with Gasteiger partial charge in [-0.25, -0.2) is 0 Å². The number of hydrogen-bond acceptors (Lipinski definition) is 2. The van der Waals surface area contributed by atoms with Crippen molar-refractivity contribution in [1.82, 2.24) is 9.88 Å². The number of hydrogen-bond donors (Lipinski definition) is 1. The molecule has 0 saturated heterocycles. The molecule has 2 aromatic rings. The SMILES string of the molecule is N#Cc1cccn1CCCC(=O)NCCc1ccccc1. The highest BCUT2D eigenvalue weighted by Gasteiger charge is 2.03. The standard InChI is InChI=1S/C17H19N3O/c18-14-16-8-4-12-20(16)13-5-9-17(21)19-11-10-15-6-2-1-3-7-15/h1-4,6-8,12H,5,9-11,13H2,(H,19,21). The number of amides is 1. The molecule has 4 heteroatoms. The molecule has 0 aliphatic rings. The first-order valence-electron chi connectivity index (χ1n) is 7.15. The molecule has 0 atom stereocenters. The second kappa shape index (κ2) is 7.91. The molecule has 1 heterocycles. The van der Waals surface area contributed by atoms with Crippen LogP contribution in [0.3, 0.4) is 0 Å². The summed E-state index contributed by atoms with van der Waals surface area (Å²) in [7, 11) is 0. The number of nitriles is 1. The zero-order valence-electron chi connectivity index (χ0n) is 12.0. The lowest BCUT2D eigenvalue weighted by Crippen LogP contribution is -2.25. The molecule has 0 unspecified atom stereocenters. The first kappa shape index (κ1) is 14.9. The average molecular weight is 281 g/mol. The predicted octanol–water partition coefficient (Wildman–Crippen LogP) is 2.50.